The first kappa shape index (κ1) is 14.0. The second-order valence-electron chi connectivity index (χ2n) is 3.74. The number of benzene rings is 1. The van der Waals surface area contributed by atoms with Crippen LogP contribution in [0.15, 0.2) is 24.3 Å². The minimum atomic E-state index is -3.27. The number of nitrogens with one attached hydrogen (secondary N) is 1. The van der Waals surface area contributed by atoms with Gasteiger partial charge in [0.25, 0.3) is 0 Å². The lowest BCUT2D eigenvalue weighted by Crippen LogP contribution is -2.26. The van der Waals surface area contributed by atoms with Crippen LogP contribution in [0.1, 0.15) is 12.0 Å². The third kappa shape index (κ3) is 5.67. The average molecular weight is 258 g/mol. The number of hydrogen-bond acceptors (Lipinski definition) is 4. The van der Waals surface area contributed by atoms with Crippen LogP contribution < -0.4 is 10.5 Å². The summed E-state index contributed by atoms with van der Waals surface area (Å²) in [5.41, 5.74) is 6.87. The molecule has 0 unspecified atom stereocenters. The lowest BCUT2D eigenvalue weighted by atomic mass is 10.2. The summed E-state index contributed by atoms with van der Waals surface area (Å²) in [4.78, 5) is 0. The Balaban J connectivity index is 2.46. The summed E-state index contributed by atoms with van der Waals surface area (Å²) in [5.74, 6) is -0.0275. The predicted octanol–water partition coefficient (Wildman–Crippen LogP) is 0.725. The van der Waals surface area contributed by atoms with Gasteiger partial charge in [-0.15, -0.1) is 0 Å². The van der Waals surface area contributed by atoms with Gasteiger partial charge in [0.2, 0.25) is 10.0 Å². The first-order valence-corrected chi connectivity index (χ1v) is 6.99. The summed E-state index contributed by atoms with van der Waals surface area (Å²) in [6.45, 7) is 0.940. The van der Waals surface area contributed by atoms with Gasteiger partial charge in [-0.1, -0.05) is 12.1 Å². The number of methoxy groups -OCH3 is 1. The van der Waals surface area contributed by atoms with Gasteiger partial charge in [-0.3, -0.25) is 0 Å². The molecule has 17 heavy (non-hydrogen) atoms. The van der Waals surface area contributed by atoms with Crippen molar-refractivity contribution in [1.82, 2.24) is 4.72 Å². The van der Waals surface area contributed by atoms with Crippen molar-refractivity contribution in [1.29, 1.82) is 0 Å². The standard InChI is InChI=1S/C11H18N2O3S/c1-16-8-2-7-13-17(14,15)9-10-3-5-11(12)6-4-10/h3-6,13H,2,7-9,12H2,1H3. The van der Waals surface area contributed by atoms with Gasteiger partial charge < -0.3 is 10.5 Å². The lowest BCUT2D eigenvalue weighted by molar-refractivity contribution is 0.196. The SMILES string of the molecule is COCCCNS(=O)(=O)Cc1ccc(N)cc1. The molecule has 0 fully saturated rings. The molecule has 0 aliphatic rings. The molecular formula is C11H18N2O3S. The van der Waals surface area contributed by atoms with E-state index in [0.717, 1.165) is 5.56 Å². The van der Waals surface area contributed by atoms with Crippen molar-refractivity contribution >= 4 is 15.7 Å². The summed E-state index contributed by atoms with van der Waals surface area (Å²) < 4.78 is 30.7. The van der Waals surface area contributed by atoms with Gasteiger partial charge in [0.15, 0.2) is 0 Å². The molecule has 96 valence electrons. The van der Waals surface area contributed by atoms with E-state index in [0.29, 0.717) is 25.3 Å². The zero-order valence-corrected chi connectivity index (χ0v) is 10.7. The Labute approximate surface area is 102 Å². The number of nitrogen functional groups attached to an aromatic ring is 1. The zero-order valence-electron chi connectivity index (χ0n) is 9.85. The highest BCUT2D eigenvalue weighted by molar-refractivity contribution is 7.88. The van der Waals surface area contributed by atoms with Crippen molar-refractivity contribution < 1.29 is 13.2 Å². The monoisotopic (exact) mass is 258 g/mol. The number of sulfonamides is 1. The average Bonchev–Trinajstić information content (AvgIpc) is 2.27. The van der Waals surface area contributed by atoms with Crippen molar-refractivity contribution in [3.05, 3.63) is 29.8 Å². The maximum Gasteiger partial charge on any atom is 0.215 e. The van der Waals surface area contributed by atoms with Crippen LogP contribution in [0, 0.1) is 0 Å². The predicted molar refractivity (Wildman–Crippen MR) is 68.0 cm³/mol. The van der Waals surface area contributed by atoms with Gasteiger partial charge in [-0.25, -0.2) is 13.1 Å². The molecule has 0 saturated carbocycles. The second kappa shape index (κ2) is 6.58. The van der Waals surface area contributed by atoms with E-state index in [1.165, 1.54) is 0 Å². The maximum atomic E-state index is 11.7. The highest BCUT2D eigenvalue weighted by Gasteiger charge is 2.10. The number of hydrogen-bond donors (Lipinski definition) is 2. The van der Waals surface area contributed by atoms with Gasteiger partial charge in [0.05, 0.1) is 5.75 Å². The molecule has 0 aliphatic heterocycles. The van der Waals surface area contributed by atoms with E-state index in [2.05, 4.69) is 4.72 Å². The fourth-order valence-corrected chi connectivity index (χ4v) is 2.52. The third-order valence-electron chi connectivity index (χ3n) is 2.18. The van der Waals surface area contributed by atoms with E-state index >= 15 is 0 Å². The smallest absolute Gasteiger partial charge is 0.215 e. The van der Waals surface area contributed by atoms with Crippen molar-refractivity contribution in [3.8, 4) is 0 Å². The molecule has 0 amide bonds. The molecule has 1 aromatic carbocycles. The molecule has 0 spiro atoms. The molecule has 3 N–H and O–H groups in total. The largest absolute Gasteiger partial charge is 0.399 e. The summed E-state index contributed by atoms with van der Waals surface area (Å²) in [7, 11) is -1.69. The number of nitrogens with two attached hydrogens (primary N) is 1. The fourth-order valence-electron chi connectivity index (χ4n) is 1.33. The van der Waals surface area contributed by atoms with Crippen molar-refractivity contribution in [2.45, 2.75) is 12.2 Å². The van der Waals surface area contributed by atoms with E-state index < -0.39 is 10.0 Å². The first-order chi connectivity index (χ1) is 8.03. The van der Waals surface area contributed by atoms with Crippen molar-refractivity contribution in [2.75, 3.05) is 26.0 Å². The molecule has 0 bridgehead atoms. The zero-order chi connectivity index (χ0) is 12.7. The topological polar surface area (TPSA) is 81.4 Å². The van der Waals surface area contributed by atoms with Crippen LogP contribution in [0.25, 0.3) is 0 Å². The molecule has 0 aliphatic carbocycles. The van der Waals surface area contributed by atoms with E-state index in [-0.39, 0.29) is 5.75 Å². The summed E-state index contributed by atoms with van der Waals surface area (Å²) >= 11 is 0. The van der Waals surface area contributed by atoms with E-state index in [1.54, 1.807) is 31.4 Å². The highest BCUT2D eigenvalue weighted by Crippen LogP contribution is 2.08. The molecule has 0 radical (unpaired) electrons. The van der Waals surface area contributed by atoms with Gasteiger partial charge in [-0.05, 0) is 24.1 Å². The Morgan fingerprint density at radius 2 is 1.94 bits per heavy atom. The van der Waals surface area contributed by atoms with Crippen LogP contribution in [0.3, 0.4) is 0 Å². The van der Waals surface area contributed by atoms with Gasteiger partial charge in [-0.2, -0.15) is 0 Å². The lowest BCUT2D eigenvalue weighted by Gasteiger charge is -2.06. The summed E-state index contributed by atoms with van der Waals surface area (Å²) in [6, 6.07) is 6.80. The molecule has 0 heterocycles. The normalized spacial score (nSPS) is 11.6. The molecular weight excluding hydrogens is 240 g/mol. The quantitative estimate of drug-likeness (QED) is 0.558. The molecule has 0 atom stereocenters. The van der Waals surface area contributed by atoms with Crippen molar-refractivity contribution in [2.24, 2.45) is 0 Å². The van der Waals surface area contributed by atoms with Crippen LogP contribution in [0.2, 0.25) is 0 Å². The Hall–Kier alpha value is -1.11. The Morgan fingerprint density at radius 1 is 1.29 bits per heavy atom. The van der Waals surface area contributed by atoms with Crippen LogP contribution in [0.4, 0.5) is 5.69 Å². The molecule has 0 saturated heterocycles. The minimum absolute atomic E-state index is 0.0275. The Bertz CT molecular complexity index is 429. The molecule has 6 heteroatoms. The second-order valence-corrected chi connectivity index (χ2v) is 5.55. The third-order valence-corrected chi connectivity index (χ3v) is 3.54. The fraction of sp³-hybridized carbons (Fsp3) is 0.455. The van der Waals surface area contributed by atoms with Crippen LogP contribution in [-0.2, 0) is 20.5 Å². The van der Waals surface area contributed by atoms with Gasteiger partial charge in [0.1, 0.15) is 0 Å². The van der Waals surface area contributed by atoms with Gasteiger partial charge >= 0.3 is 0 Å². The number of ether oxygens (including phenoxy) is 1. The Morgan fingerprint density at radius 3 is 2.53 bits per heavy atom. The van der Waals surface area contributed by atoms with Gasteiger partial charge in [0, 0.05) is 25.9 Å². The van der Waals surface area contributed by atoms with Crippen molar-refractivity contribution in [3.63, 3.8) is 0 Å². The van der Waals surface area contributed by atoms with E-state index in [4.69, 9.17) is 10.5 Å². The minimum Gasteiger partial charge on any atom is -0.399 e. The maximum absolute atomic E-state index is 11.7. The summed E-state index contributed by atoms with van der Waals surface area (Å²) in [5, 5.41) is 0. The molecule has 1 aromatic rings. The summed E-state index contributed by atoms with van der Waals surface area (Å²) in [6.07, 6.45) is 0.664. The van der Waals surface area contributed by atoms with Crippen LogP contribution in [-0.4, -0.2) is 28.7 Å². The van der Waals surface area contributed by atoms with E-state index in [9.17, 15) is 8.42 Å². The molecule has 0 aromatic heterocycles. The van der Waals surface area contributed by atoms with Crippen LogP contribution in [0.5, 0.6) is 0 Å². The van der Waals surface area contributed by atoms with Crippen LogP contribution >= 0.6 is 0 Å². The number of rotatable bonds is 7. The molecule has 1 rings (SSSR count). The Kier molecular flexibility index (Phi) is 5.40. The number of anilines is 1. The first-order valence-electron chi connectivity index (χ1n) is 5.34. The highest BCUT2D eigenvalue weighted by atomic mass is 32.2. The van der Waals surface area contributed by atoms with E-state index in [1.807, 2.05) is 0 Å². The molecule has 5 nitrogen and oxygen atoms in total.